The summed E-state index contributed by atoms with van der Waals surface area (Å²) in [6.45, 7) is 8.59. The lowest BCUT2D eigenvalue weighted by atomic mass is 10.0. The number of ether oxygens (including phenoxy) is 2. The lowest BCUT2D eigenvalue weighted by Crippen LogP contribution is -2.52. The summed E-state index contributed by atoms with van der Waals surface area (Å²) in [5.74, 6) is 0.807. The van der Waals surface area contributed by atoms with Crippen molar-refractivity contribution in [2.45, 2.75) is 38.6 Å². The first-order valence-electron chi connectivity index (χ1n) is 7.12. The van der Waals surface area contributed by atoms with Crippen molar-refractivity contribution in [3.05, 3.63) is 29.8 Å². The molecule has 0 aromatic heterocycles. The molecule has 1 saturated heterocycles. The third kappa shape index (κ3) is 3.95. The van der Waals surface area contributed by atoms with Crippen LogP contribution in [0.3, 0.4) is 0 Å². The van der Waals surface area contributed by atoms with Crippen LogP contribution in [0.1, 0.15) is 32.4 Å². The van der Waals surface area contributed by atoms with Gasteiger partial charge in [0.2, 0.25) is 0 Å². The minimum absolute atomic E-state index is 0.155. The smallest absolute Gasteiger partial charge is 0.118 e. The summed E-state index contributed by atoms with van der Waals surface area (Å²) in [6, 6.07) is 7.59. The zero-order valence-corrected chi connectivity index (χ0v) is 12.8. The lowest BCUT2D eigenvalue weighted by Gasteiger charge is -2.42. The van der Waals surface area contributed by atoms with Crippen molar-refractivity contribution in [1.82, 2.24) is 4.90 Å². The molecule has 1 fully saturated rings. The van der Waals surface area contributed by atoms with Crippen LogP contribution in [-0.2, 0) is 4.74 Å². The Labute approximate surface area is 121 Å². The minimum Gasteiger partial charge on any atom is -0.497 e. The van der Waals surface area contributed by atoms with Crippen LogP contribution in [0.25, 0.3) is 0 Å². The summed E-state index contributed by atoms with van der Waals surface area (Å²) in [4.78, 5) is 2.27. The van der Waals surface area contributed by atoms with Crippen molar-refractivity contribution < 1.29 is 14.6 Å². The van der Waals surface area contributed by atoms with Crippen LogP contribution in [0.2, 0.25) is 0 Å². The van der Waals surface area contributed by atoms with E-state index in [0.29, 0.717) is 6.54 Å². The Balaban J connectivity index is 1.97. The average Bonchev–Trinajstić information content (AvgIpc) is 2.36. The van der Waals surface area contributed by atoms with Crippen LogP contribution in [0.5, 0.6) is 5.75 Å². The van der Waals surface area contributed by atoms with Gasteiger partial charge in [0.25, 0.3) is 0 Å². The molecule has 4 heteroatoms. The van der Waals surface area contributed by atoms with Crippen LogP contribution in [0, 0.1) is 0 Å². The molecule has 2 unspecified atom stereocenters. The van der Waals surface area contributed by atoms with Gasteiger partial charge in [0.05, 0.1) is 24.9 Å². The summed E-state index contributed by atoms with van der Waals surface area (Å²) in [5.41, 5.74) is 0.764. The molecule has 0 spiro atoms. The Hall–Kier alpha value is -1.10. The SMILES string of the molecule is COc1ccc(C(O)CN2CC(C)OC(C)(C)C2)cc1. The van der Waals surface area contributed by atoms with Crippen molar-refractivity contribution in [3.8, 4) is 5.75 Å². The van der Waals surface area contributed by atoms with Gasteiger partial charge in [-0.05, 0) is 38.5 Å². The zero-order valence-electron chi connectivity index (χ0n) is 12.8. The van der Waals surface area contributed by atoms with Crippen LogP contribution in [0.4, 0.5) is 0 Å². The number of nitrogens with zero attached hydrogens (tertiary/aromatic N) is 1. The molecule has 2 rings (SSSR count). The number of morpholine rings is 1. The minimum atomic E-state index is -0.484. The molecule has 0 radical (unpaired) electrons. The van der Waals surface area contributed by atoms with Crippen molar-refractivity contribution in [1.29, 1.82) is 0 Å². The van der Waals surface area contributed by atoms with Crippen molar-refractivity contribution in [2.75, 3.05) is 26.7 Å². The number of aliphatic hydroxyl groups excluding tert-OH is 1. The lowest BCUT2D eigenvalue weighted by molar-refractivity contribution is -0.133. The maximum Gasteiger partial charge on any atom is 0.118 e. The molecule has 0 aliphatic carbocycles. The highest BCUT2D eigenvalue weighted by molar-refractivity contribution is 5.28. The van der Waals surface area contributed by atoms with Gasteiger partial charge in [-0.1, -0.05) is 12.1 Å². The van der Waals surface area contributed by atoms with E-state index in [9.17, 15) is 5.11 Å². The number of benzene rings is 1. The fraction of sp³-hybridized carbons (Fsp3) is 0.625. The normalized spacial score (nSPS) is 24.4. The molecular weight excluding hydrogens is 254 g/mol. The summed E-state index contributed by atoms with van der Waals surface area (Å²) in [7, 11) is 1.64. The van der Waals surface area contributed by atoms with Gasteiger partial charge in [-0.2, -0.15) is 0 Å². The van der Waals surface area contributed by atoms with E-state index in [1.54, 1.807) is 7.11 Å². The van der Waals surface area contributed by atoms with E-state index in [2.05, 4.69) is 25.7 Å². The quantitative estimate of drug-likeness (QED) is 0.917. The molecule has 20 heavy (non-hydrogen) atoms. The van der Waals surface area contributed by atoms with Crippen molar-refractivity contribution >= 4 is 0 Å². The van der Waals surface area contributed by atoms with Crippen LogP contribution >= 0.6 is 0 Å². The topological polar surface area (TPSA) is 41.9 Å². The Bertz CT molecular complexity index is 430. The standard InChI is InChI=1S/C16H25NO3/c1-12-9-17(11-16(2,3)20-12)10-15(18)13-5-7-14(19-4)8-6-13/h5-8,12,15,18H,9-11H2,1-4H3. The van der Waals surface area contributed by atoms with Gasteiger partial charge in [0.1, 0.15) is 5.75 Å². The maximum atomic E-state index is 10.4. The molecule has 0 amide bonds. The Morgan fingerprint density at radius 2 is 2.05 bits per heavy atom. The van der Waals surface area contributed by atoms with E-state index >= 15 is 0 Å². The van der Waals surface area contributed by atoms with Gasteiger partial charge in [0.15, 0.2) is 0 Å². The predicted octanol–water partition coefficient (Wildman–Crippen LogP) is 2.23. The molecule has 1 aliphatic rings. The molecule has 0 saturated carbocycles. The van der Waals surface area contributed by atoms with Gasteiger partial charge in [-0.15, -0.1) is 0 Å². The second-order valence-electron chi connectivity index (χ2n) is 6.17. The van der Waals surface area contributed by atoms with E-state index in [-0.39, 0.29) is 11.7 Å². The highest BCUT2D eigenvalue weighted by Crippen LogP contribution is 2.24. The third-order valence-electron chi connectivity index (χ3n) is 3.57. The number of β-amino-alcohol motifs (C(OH)–C–C–N with tert-alkyl or cyclic N) is 1. The highest BCUT2D eigenvalue weighted by atomic mass is 16.5. The first-order valence-corrected chi connectivity index (χ1v) is 7.12. The van der Waals surface area contributed by atoms with Gasteiger partial charge in [0, 0.05) is 19.6 Å². The summed E-state index contributed by atoms with van der Waals surface area (Å²) < 4.78 is 11.0. The number of rotatable bonds is 4. The van der Waals surface area contributed by atoms with Crippen LogP contribution in [-0.4, -0.2) is 48.5 Å². The van der Waals surface area contributed by atoms with Gasteiger partial charge in [-0.3, -0.25) is 4.90 Å². The molecule has 1 aromatic rings. The van der Waals surface area contributed by atoms with Crippen LogP contribution in [0.15, 0.2) is 24.3 Å². The highest BCUT2D eigenvalue weighted by Gasteiger charge is 2.32. The van der Waals surface area contributed by atoms with Gasteiger partial charge in [-0.25, -0.2) is 0 Å². The van der Waals surface area contributed by atoms with Gasteiger partial charge < -0.3 is 14.6 Å². The van der Waals surface area contributed by atoms with Crippen LogP contribution < -0.4 is 4.74 Å². The van der Waals surface area contributed by atoms with Crippen molar-refractivity contribution in [3.63, 3.8) is 0 Å². The average molecular weight is 279 g/mol. The van der Waals surface area contributed by atoms with E-state index < -0.39 is 6.10 Å². The molecule has 1 aromatic carbocycles. The van der Waals surface area contributed by atoms with E-state index in [4.69, 9.17) is 9.47 Å². The Morgan fingerprint density at radius 3 is 2.60 bits per heavy atom. The number of aliphatic hydroxyl groups is 1. The first kappa shape index (κ1) is 15.3. The second-order valence-corrected chi connectivity index (χ2v) is 6.17. The largest absolute Gasteiger partial charge is 0.497 e. The number of methoxy groups -OCH3 is 1. The van der Waals surface area contributed by atoms with E-state index in [1.165, 1.54) is 0 Å². The van der Waals surface area contributed by atoms with Gasteiger partial charge >= 0.3 is 0 Å². The fourth-order valence-electron chi connectivity index (χ4n) is 2.90. The molecule has 4 nitrogen and oxygen atoms in total. The fourth-order valence-corrected chi connectivity index (χ4v) is 2.90. The molecule has 1 aliphatic heterocycles. The zero-order chi connectivity index (χ0) is 14.8. The predicted molar refractivity (Wildman–Crippen MR) is 79.0 cm³/mol. The Morgan fingerprint density at radius 1 is 1.40 bits per heavy atom. The molecule has 1 N–H and O–H groups in total. The second kappa shape index (κ2) is 6.12. The molecule has 1 heterocycles. The Kier molecular flexibility index (Phi) is 4.68. The number of hydrogen-bond donors (Lipinski definition) is 1. The van der Waals surface area contributed by atoms with E-state index in [0.717, 1.165) is 24.4 Å². The first-order chi connectivity index (χ1) is 9.39. The summed E-state index contributed by atoms with van der Waals surface area (Å²) in [5, 5.41) is 10.4. The third-order valence-corrected chi connectivity index (χ3v) is 3.57. The number of hydrogen-bond acceptors (Lipinski definition) is 4. The van der Waals surface area contributed by atoms with E-state index in [1.807, 2.05) is 24.3 Å². The molecular formula is C16H25NO3. The molecule has 2 atom stereocenters. The summed E-state index contributed by atoms with van der Waals surface area (Å²) in [6.07, 6.45) is -0.288. The maximum absolute atomic E-state index is 10.4. The summed E-state index contributed by atoms with van der Waals surface area (Å²) >= 11 is 0. The molecule has 0 bridgehead atoms. The van der Waals surface area contributed by atoms with Crippen molar-refractivity contribution in [2.24, 2.45) is 0 Å². The molecule has 112 valence electrons. The monoisotopic (exact) mass is 279 g/mol.